The van der Waals surface area contributed by atoms with Gasteiger partial charge in [0.2, 0.25) is 47.3 Å². The van der Waals surface area contributed by atoms with Gasteiger partial charge in [0.1, 0.15) is 0 Å². The third kappa shape index (κ3) is 22.9. The van der Waals surface area contributed by atoms with E-state index >= 15 is 0 Å². The van der Waals surface area contributed by atoms with E-state index in [1.165, 1.54) is 13.8 Å². The molecule has 0 aromatic heterocycles. The quantitative estimate of drug-likeness (QED) is 0.116. The van der Waals surface area contributed by atoms with E-state index in [0.717, 1.165) is 5.31 Å². The van der Waals surface area contributed by atoms with E-state index in [9.17, 15) is 38.4 Å². The fourth-order valence-electron chi connectivity index (χ4n) is 9.35. The lowest BCUT2D eigenvalue weighted by Gasteiger charge is -2.43. The maximum atomic E-state index is 12.2. The van der Waals surface area contributed by atoms with Gasteiger partial charge in [-0.2, -0.15) is 0 Å². The SMILES string of the molecule is [2H]C1([2H])C(=C)NC(=O)C(C)(C(C)(C)C)C1([2H])[2H].[2H]C1C(=C)N([2H])C(=O)C(C)(C(C)(C)C)C1([2H])[2H].[2H]C1C(=C)N([2H])C(=O)C(C)(C(C)(C)C)C1[2H].[2H]C1C(=C)NC(=O)C(C)(C(C)(C)C)C1([2H])[2H].[2H]C1C([2H])([2H])C(=C)N([2H])C(=O)C1(C)C(C)(C)C.[2H]C1C([2H])([2H])C(=C)NC(=O)C1(C)C(C)(C)C.[2H]C1CC(=C)N([2H])C(=O)C1(C)C(C)(C)C.[2H]N1C(=C)C([2H])([2H])CC(C)(C(C)(C)C)C1=O. The predicted molar refractivity (Wildman–Crippen MR) is 433 cm³/mol. The summed E-state index contributed by atoms with van der Waals surface area (Å²) in [6.07, 6.45) is -20.9. The van der Waals surface area contributed by atoms with E-state index in [0.29, 0.717) is 33.4 Å². The van der Waals surface area contributed by atoms with Crippen LogP contribution in [0.1, 0.15) is 353 Å². The number of amides is 8. The molecule has 0 aromatic rings. The Morgan fingerprint density at radius 1 is 0.260 bits per heavy atom. The zero-order chi connectivity index (χ0) is 105. The molecule has 0 spiro atoms. The fourth-order valence-corrected chi connectivity index (χ4v) is 9.35. The highest BCUT2D eigenvalue weighted by atomic mass is 16.2. The zero-order valence-corrected chi connectivity index (χ0v) is 69.6. The van der Waals surface area contributed by atoms with Crippen molar-refractivity contribution in [3.05, 3.63) is 98.2 Å². The molecule has 8 heterocycles. The number of piperidine rings is 8. The van der Waals surface area contributed by atoms with Crippen LogP contribution in [-0.4, -0.2) is 47.3 Å². The van der Waals surface area contributed by atoms with Crippen molar-refractivity contribution in [3.8, 4) is 0 Å². The molecule has 8 rings (SSSR count). The fraction of sp³-hybridized carbons (Fsp3) is 0.727. The molecule has 15 atom stereocenters. The summed E-state index contributed by atoms with van der Waals surface area (Å²) in [6.45, 7) is 84.7. The van der Waals surface area contributed by atoms with E-state index in [-0.39, 0.29) is 69.4 Å². The van der Waals surface area contributed by atoms with Crippen LogP contribution in [0.25, 0.3) is 0 Å². The lowest BCUT2D eigenvalue weighted by atomic mass is 9.63. The van der Waals surface area contributed by atoms with E-state index in [2.05, 4.69) is 68.6 Å². The second-order valence-electron chi connectivity index (χ2n) is 37.4. The Balaban J connectivity index is 0.000000743. The predicted octanol–water partition coefficient (Wildman–Crippen LogP) is 19.7. The molecule has 0 bridgehead atoms. The van der Waals surface area contributed by atoms with Gasteiger partial charge in [0.25, 0.3) is 0 Å². The van der Waals surface area contributed by atoms with Crippen molar-refractivity contribution in [1.29, 1.82) is 0 Å². The molecule has 16 nitrogen and oxygen atoms in total. The van der Waals surface area contributed by atoms with Crippen molar-refractivity contribution < 1.29 is 74.2 Å². The van der Waals surface area contributed by atoms with Gasteiger partial charge in [-0.25, -0.2) is 0 Å². The summed E-state index contributed by atoms with van der Waals surface area (Å²) in [7, 11) is 0. The van der Waals surface area contributed by atoms with Crippen LogP contribution in [0.2, 0.25) is 7.06 Å². The van der Waals surface area contributed by atoms with Crippen molar-refractivity contribution in [2.75, 3.05) is 0 Å². The second-order valence-corrected chi connectivity index (χ2v) is 37.4. The number of carbonyl (C=O) groups is 8. The summed E-state index contributed by atoms with van der Waals surface area (Å²) in [5, 5.41) is 10.6. The molecule has 0 radical (unpaired) electrons. The van der Waals surface area contributed by atoms with E-state index < -0.39 is 200 Å². The second kappa shape index (κ2) is 33.9. The Morgan fingerprint density at radius 2 is 0.500 bits per heavy atom. The zero-order valence-electron chi connectivity index (χ0n) is 95.6. The van der Waals surface area contributed by atoms with Gasteiger partial charge >= 0.3 is 0 Å². The molecule has 8 fully saturated rings. The topological polar surface area (TPSA) is 233 Å². The van der Waals surface area contributed by atoms with Crippen LogP contribution in [0.3, 0.4) is 0 Å². The number of hydrogen-bond donors (Lipinski definition) is 8. The largest absolute Gasteiger partial charge is 0.330 e. The van der Waals surface area contributed by atoms with Crippen molar-refractivity contribution in [3.63, 3.8) is 0 Å². The Bertz CT molecular complexity index is 4430. The average molecular weight is 1480 g/mol. The van der Waals surface area contributed by atoms with Gasteiger partial charge in [-0.3, -0.25) is 38.4 Å². The summed E-state index contributed by atoms with van der Waals surface area (Å²) < 4.78 is 205. The summed E-state index contributed by atoms with van der Waals surface area (Å²) in [4.78, 5) is 96.9. The lowest BCUT2D eigenvalue weighted by Crippen LogP contribution is -2.49. The maximum absolute atomic E-state index is 12.2. The third-order valence-electron chi connectivity index (χ3n) is 22.6. The molecule has 8 saturated heterocycles. The van der Waals surface area contributed by atoms with Crippen molar-refractivity contribution >= 4 is 47.3 Å². The van der Waals surface area contributed by atoms with Crippen LogP contribution in [0.5, 0.6) is 0 Å². The number of allylic oxidation sites excluding steroid dienone is 8. The molecule has 15 unspecified atom stereocenters. The van der Waals surface area contributed by atoms with Gasteiger partial charge < -0.3 is 42.5 Å². The van der Waals surface area contributed by atoms with E-state index in [4.69, 9.17) is 35.8 Å². The summed E-state index contributed by atoms with van der Waals surface area (Å²) in [6, 6.07) is 0. The molecule has 0 saturated carbocycles. The van der Waals surface area contributed by atoms with Crippen LogP contribution in [-0.2, 0) is 38.4 Å². The molecule has 8 amide bonds. The molecule has 0 aromatic carbocycles. The summed E-state index contributed by atoms with van der Waals surface area (Å²) >= 11 is 0. The van der Waals surface area contributed by atoms with Crippen molar-refractivity contribution in [1.82, 2.24) is 42.5 Å². The minimum Gasteiger partial charge on any atom is -0.330 e. The Morgan fingerprint density at radius 3 is 0.885 bits per heavy atom. The Labute approximate surface area is 670 Å². The first kappa shape index (κ1) is 59.7. The first-order chi connectivity index (χ1) is 56.6. The van der Waals surface area contributed by atoms with E-state index in [1.807, 2.05) is 104 Å². The highest BCUT2D eigenvalue weighted by Crippen LogP contribution is 2.51. The lowest BCUT2D eigenvalue weighted by molar-refractivity contribution is -0.138. The van der Waals surface area contributed by atoms with Gasteiger partial charge in [-0.05, 0) is 146 Å². The standard InChI is InChI=1S/8C11H19NO/c8*1-8-6-7-11(5,9(13)12-8)10(2,3)4/h8*1,6-7H2,2-5H3,(H,12,13)/i6D2,7D2;2*6D2,7D;2*6D,7D2;6D,7D;7D;6D2/hD5. The minimum atomic E-state index is -2.32. The molecule has 16 heteroatoms. The number of nitrogens with one attached hydrogen (secondary N) is 8. The van der Waals surface area contributed by atoms with Gasteiger partial charge in [0, 0.05) is 74.4 Å². The number of carbonyl (C=O) groups excluding carboxylic acids is 8. The highest BCUT2D eigenvalue weighted by Gasteiger charge is 2.52. The van der Waals surface area contributed by atoms with Crippen LogP contribution in [0.15, 0.2) is 98.2 Å². The first-order valence-electron chi connectivity index (χ1n) is 48.5. The maximum Gasteiger partial charge on any atom is 0.230 e. The molecular formula is C88H152N8O8. The van der Waals surface area contributed by atoms with Crippen molar-refractivity contribution in [2.24, 2.45) is 86.6 Å². The Hall–Kier alpha value is -6.32. The monoisotopic (exact) mass is 1480 g/mol. The highest BCUT2D eigenvalue weighted by molar-refractivity contribution is 5.89. The summed E-state index contributed by atoms with van der Waals surface area (Å²) in [5.41, 5.74) is -13.4. The Kier molecular flexibility index (Phi) is 19.4. The van der Waals surface area contributed by atoms with Gasteiger partial charge in [0.15, 0.2) is 7.06 Å². The minimum absolute atomic E-state index is 0.0146. The van der Waals surface area contributed by atoms with Crippen LogP contribution >= 0.6 is 0 Å². The van der Waals surface area contributed by atoms with Gasteiger partial charge in [-0.1, -0.05) is 274 Å². The van der Waals surface area contributed by atoms with Crippen LogP contribution in [0, 0.1) is 86.6 Å². The van der Waals surface area contributed by atoms with Gasteiger partial charge in [-0.15, -0.1) is 0 Å². The molecule has 8 aliphatic heterocycles. The molecule has 8 aliphatic rings. The molecule has 8 N–H and O–H groups in total. The first-order valence-corrected chi connectivity index (χ1v) is 35.2. The molecule has 0 aliphatic carbocycles. The van der Waals surface area contributed by atoms with Crippen LogP contribution < -0.4 is 42.5 Å². The third-order valence-corrected chi connectivity index (χ3v) is 22.6. The average Bonchev–Trinajstić information content (AvgIpc) is 0.701. The molecule has 104 heavy (non-hydrogen) atoms. The molecule has 592 valence electrons. The summed E-state index contributed by atoms with van der Waals surface area (Å²) in [5.74, 6) is -3.55. The number of hydrogen-bond acceptors (Lipinski definition) is 8. The van der Waals surface area contributed by atoms with Crippen molar-refractivity contribution in [2.45, 2.75) is 324 Å². The van der Waals surface area contributed by atoms with Gasteiger partial charge in [0.05, 0.1) is 43.3 Å². The normalized spacial score (nSPS) is 42.6. The number of rotatable bonds is 0. The smallest absolute Gasteiger partial charge is 0.230 e. The van der Waals surface area contributed by atoms with E-state index in [1.54, 1.807) is 104 Å². The molecular weight excluding hydrogens is 1300 g/mol. The van der Waals surface area contributed by atoms with Crippen LogP contribution in [0.4, 0.5) is 0 Å².